The van der Waals surface area contributed by atoms with Crippen molar-refractivity contribution in [3.63, 3.8) is 0 Å². The fourth-order valence-electron chi connectivity index (χ4n) is 15.2. The van der Waals surface area contributed by atoms with Gasteiger partial charge in [0, 0.05) is 180 Å². The normalized spacial score (nSPS) is 11.8. The first-order chi connectivity index (χ1) is 62.7. The number of hydrogen-bond donors (Lipinski definition) is 4. The van der Waals surface area contributed by atoms with Crippen molar-refractivity contribution in [1.29, 1.82) is 0 Å². The van der Waals surface area contributed by atoms with E-state index in [1.807, 2.05) is 159 Å². The summed E-state index contributed by atoms with van der Waals surface area (Å²) in [6, 6.07) is 57.2. The number of para-hydroxylation sites is 2. The Kier molecular flexibility index (Phi) is 30.0. The highest BCUT2D eigenvalue weighted by Gasteiger charge is 2.24. The molecule has 0 aliphatic carbocycles. The zero-order chi connectivity index (χ0) is 87.9. The molecule has 0 fully saturated rings. The average molecular weight is 1770 g/mol. The number of carbonyl (C=O) groups is 4. The van der Waals surface area contributed by atoms with Crippen LogP contribution in [0, 0.1) is 0 Å². The minimum absolute atomic E-state index is 0.0905. The number of phenols is 2. The summed E-state index contributed by atoms with van der Waals surface area (Å²) in [5.74, 6) is -0.504. The molecule has 0 aliphatic heterocycles. The van der Waals surface area contributed by atoms with Crippen LogP contribution in [0.5, 0.6) is 11.5 Å². The number of nitrogens with zero attached hydrogens (tertiary/aromatic N) is 18. The molecule has 0 saturated carbocycles. The van der Waals surface area contributed by atoms with Gasteiger partial charge in [0.2, 0.25) is 0 Å². The molecule has 0 amide bonds. The van der Waals surface area contributed by atoms with E-state index < -0.39 is 0 Å². The van der Waals surface area contributed by atoms with Gasteiger partial charge in [-0.05, 0) is 132 Å². The van der Waals surface area contributed by atoms with E-state index in [-0.39, 0.29) is 48.3 Å². The number of rotatable bonds is 47. The molecule has 0 atom stereocenters. The van der Waals surface area contributed by atoms with E-state index in [1.165, 1.54) is 24.3 Å². The number of hydrogen-bond acceptors (Lipinski definition) is 24. The number of halogens is 2. The number of nitrogens with one attached hydrogen (secondary N) is 2. The molecule has 8 aromatic carbocycles. The molecule has 0 spiro atoms. The van der Waals surface area contributed by atoms with Gasteiger partial charge in [-0.3, -0.25) is 47.2 Å². The van der Waals surface area contributed by atoms with E-state index in [1.54, 1.807) is 97.7 Å². The molecule has 8 aromatic heterocycles. The molecule has 34 heteroatoms. The summed E-state index contributed by atoms with van der Waals surface area (Å²) < 4.78 is 50.2. The lowest BCUT2D eigenvalue weighted by Gasteiger charge is -2.25. The van der Waals surface area contributed by atoms with E-state index in [0.717, 1.165) is 88.6 Å². The Hall–Kier alpha value is -13.1. The van der Waals surface area contributed by atoms with Gasteiger partial charge >= 0.3 is 0 Å². The van der Waals surface area contributed by atoms with Crippen LogP contribution < -0.4 is 10.6 Å². The van der Waals surface area contributed by atoms with Gasteiger partial charge < -0.3 is 49.3 Å². The van der Waals surface area contributed by atoms with Crippen molar-refractivity contribution < 1.29 is 57.8 Å². The lowest BCUT2D eigenvalue weighted by atomic mass is 10.2. The van der Waals surface area contributed by atoms with Crippen LogP contribution in [0.3, 0.4) is 0 Å². The fourth-order valence-corrected chi connectivity index (χ4v) is 15.6. The van der Waals surface area contributed by atoms with Crippen LogP contribution in [-0.4, -0.2) is 214 Å². The van der Waals surface area contributed by atoms with Crippen molar-refractivity contribution in [3.8, 4) is 11.5 Å². The summed E-state index contributed by atoms with van der Waals surface area (Å²) in [6.07, 6.45) is 15.0. The number of ether oxygens (including phenoxy) is 6. The predicted molar refractivity (Wildman–Crippen MR) is 480 cm³/mol. The van der Waals surface area contributed by atoms with Crippen LogP contribution in [0.2, 0.25) is 10.0 Å². The highest BCUT2D eigenvalue weighted by atomic mass is 35.5. The van der Waals surface area contributed by atoms with E-state index >= 15 is 0 Å². The monoisotopic (exact) mass is 1770 g/mol. The molecule has 658 valence electrons. The Morgan fingerprint density at radius 2 is 0.625 bits per heavy atom. The third-order valence-corrected chi connectivity index (χ3v) is 22.1. The minimum atomic E-state index is -0.191. The maximum absolute atomic E-state index is 13.6. The number of phenolic OH excluding ortho intramolecular Hbond substituents is 2. The molecule has 16 aromatic rings. The van der Waals surface area contributed by atoms with Gasteiger partial charge in [0.15, 0.2) is 0 Å². The molecular weight excluding hydrogens is 1670 g/mol. The lowest BCUT2D eigenvalue weighted by Crippen LogP contribution is -2.34. The quantitative estimate of drug-likeness (QED) is 0.0257. The molecule has 8 heterocycles. The summed E-state index contributed by atoms with van der Waals surface area (Å²) in [4.78, 5) is 58.9. The zero-order valence-electron chi connectivity index (χ0n) is 70.3. The summed E-state index contributed by atoms with van der Waals surface area (Å²) >= 11 is 12.9. The third-order valence-electron chi connectivity index (χ3n) is 21.6. The molecule has 4 N–H and O–H groups in total. The van der Waals surface area contributed by atoms with E-state index in [2.05, 4.69) is 61.7 Å². The van der Waals surface area contributed by atoms with Gasteiger partial charge in [-0.1, -0.05) is 117 Å². The molecule has 0 unspecified atom stereocenters. The zero-order valence-corrected chi connectivity index (χ0v) is 71.8. The number of carbonyl (C=O) groups excluding carboxylic acids is 4. The number of fused-ring (bicyclic) bond motifs is 4. The summed E-state index contributed by atoms with van der Waals surface area (Å²) in [5, 5.41) is 68.0. The molecule has 0 bridgehead atoms. The van der Waals surface area contributed by atoms with Crippen molar-refractivity contribution >= 4 is 90.4 Å². The average Bonchev–Trinajstić information content (AvgIpc) is 1.64. The largest absolute Gasteiger partial charge is 0.508 e. The fraction of sp³-hybridized carbons (Fsp3) is 0.277. The second-order valence-electron chi connectivity index (χ2n) is 30.7. The first-order valence-corrected chi connectivity index (χ1v) is 43.0. The Morgan fingerprint density at radius 1 is 0.320 bits per heavy atom. The van der Waals surface area contributed by atoms with Gasteiger partial charge in [0.25, 0.3) is 23.6 Å². The standard InChI is InChI=1S/C94H96Cl2N20O12/c95-75-23-29-89-85(49-75)73(55-115(89)91(119)67-11-3-1-4-12-67)65-127-47-45-125-43-37-111-63-79(101-105-111)59-108(60-80-64-112(106-102-80)38-44-126-46-48-128-66-74-56-116(90-30-24-76(96)50-86(74)90)92(120)68-13-5-2-6-14-68)34-33-107(57-77-61-109(103-99-77)35-41-123-39-31-97-51-71-53-113(87-17-9-7-15-83(71)87)93(121)69-19-25-81(117)26-20-69)58-78-62-110(104-100-78)36-42-124-40-32-98-52-72-54-114(88-18-10-8-16-84(72)88)94(122)70-21-27-82(118)28-22-70/h1-30,49-50,53-56,61-64,97-98,117-118H,31-48,51-52,57-60,65-66H2. The second kappa shape index (κ2) is 43.4. The van der Waals surface area contributed by atoms with Crippen molar-refractivity contribution in [1.82, 2.24) is 98.7 Å². The van der Waals surface area contributed by atoms with Gasteiger partial charge in [0.05, 0.1) is 150 Å². The number of aromatic hydroxyl groups is 2. The Balaban J connectivity index is 0.551. The molecule has 128 heavy (non-hydrogen) atoms. The van der Waals surface area contributed by atoms with Crippen molar-refractivity contribution in [2.75, 3.05) is 92.2 Å². The summed E-state index contributed by atoms with van der Waals surface area (Å²) in [5.41, 5.74) is 11.6. The highest BCUT2D eigenvalue weighted by Crippen LogP contribution is 2.31. The Labute approximate surface area is 746 Å². The third kappa shape index (κ3) is 23.0. The van der Waals surface area contributed by atoms with Crippen LogP contribution >= 0.6 is 23.2 Å². The lowest BCUT2D eigenvalue weighted by molar-refractivity contribution is 0.0373. The van der Waals surface area contributed by atoms with Gasteiger partial charge in [-0.15, -0.1) is 20.4 Å². The van der Waals surface area contributed by atoms with Crippen molar-refractivity contribution in [2.24, 2.45) is 0 Å². The molecular formula is C94H96Cl2N20O12. The number of aromatic nitrogens is 16. The van der Waals surface area contributed by atoms with Crippen LogP contribution in [-0.2, 0) is 107 Å². The van der Waals surface area contributed by atoms with Gasteiger partial charge in [-0.2, -0.15) is 0 Å². The van der Waals surface area contributed by atoms with E-state index in [0.29, 0.717) is 190 Å². The Morgan fingerprint density at radius 3 is 0.984 bits per heavy atom. The van der Waals surface area contributed by atoms with Crippen LogP contribution in [0.1, 0.15) is 86.5 Å². The smallest absolute Gasteiger partial charge is 0.262 e. The number of benzene rings is 8. The van der Waals surface area contributed by atoms with E-state index in [9.17, 15) is 29.4 Å². The van der Waals surface area contributed by atoms with Crippen molar-refractivity contribution in [2.45, 2.75) is 78.7 Å². The van der Waals surface area contributed by atoms with Crippen molar-refractivity contribution in [3.05, 3.63) is 321 Å². The first-order valence-electron chi connectivity index (χ1n) is 42.3. The molecule has 16 rings (SSSR count). The molecule has 0 aliphatic rings. The molecule has 32 nitrogen and oxygen atoms in total. The predicted octanol–water partition coefficient (Wildman–Crippen LogP) is 12.1. The first kappa shape index (κ1) is 88.4. The second-order valence-corrected chi connectivity index (χ2v) is 31.6. The van der Waals surface area contributed by atoms with E-state index in [4.69, 9.17) is 51.6 Å². The van der Waals surface area contributed by atoms with Crippen LogP contribution in [0.25, 0.3) is 43.6 Å². The van der Waals surface area contributed by atoms with Crippen LogP contribution in [0.4, 0.5) is 0 Å². The maximum atomic E-state index is 13.6. The van der Waals surface area contributed by atoms with Crippen LogP contribution in [0.15, 0.2) is 244 Å². The maximum Gasteiger partial charge on any atom is 0.262 e. The highest BCUT2D eigenvalue weighted by molar-refractivity contribution is 6.32. The molecule has 0 saturated heterocycles. The molecule has 0 radical (unpaired) electrons. The SMILES string of the molecule is O=C(c1ccc(O)cc1)n1cc(CNCCOCCn2cc(CN(CCN(Cc3cn(CCOCCOCc4cn(C(=O)c5ccccc5)c5ccc(Cl)cc45)nn3)Cc3cn(CCOCCOCc4cn(C(=O)c5ccccc5)c5ccc(Cl)cc45)nn3)Cc3cn(CCOCCNCc4cn(C(=O)c5ccc(O)cc5)c5ccccc45)nn3)nn2)c2ccccc21. The van der Waals surface area contributed by atoms with Gasteiger partial charge in [-0.25, -0.2) is 18.7 Å². The topological polar surface area (TPSA) is 337 Å². The van der Waals surface area contributed by atoms with Gasteiger partial charge in [0.1, 0.15) is 11.5 Å². The Bertz CT molecular complexity index is 6020. The minimum Gasteiger partial charge on any atom is -0.508 e. The summed E-state index contributed by atoms with van der Waals surface area (Å²) in [7, 11) is 0. The summed E-state index contributed by atoms with van der Waals surface area (Å²) in [6.45, 7) is 10.5.